The van der Waals surface area contributed by atoms with Crippen molar-refractivity contribution in [3.63, 3.8) is 0 Å². The van der Waals surface area contributed by atoms with E-state index in [1.165, 1.54) is 18.5 Å². The van der Waals surface area contributed by atoms with Gasteiger partial charge in [0.15, 0.2) is 5.69 Å². The molecule has 2 rings (SSSR count). The monoisotopic (exact) mass is 297 g/mol. The minimum Gasteiger partial charge on any atom is -0.476 e. The summed E-state index contributed by atoms with van der Waals surface area (Å²) in [7, 11) is 0. The van der Waals surface area contributed by atoms with E-state index in [-0.39, 0.29) is 28.2 Å². The molecule has 106 valence electrons. The van der Waals surface area contributed by atoms with Gasteiger partial charge in [0.1, 0.15) is 17.9 Å². The van der Waals surface area contributed by atoms with Gasteiger partial charge in [-0.2, -0.15) is 9.97 Å². The van der Waals surface area contributed by atoms with Crippen molar-refractivity contribution in [1.82, 2.24) is 9.97 Å². The number of benzene rings is 1. The maximum atomic E-state index is 13.3. The van der Waals surface area contributed by atoms with Crippen molar-refractivity contribution in [2.24, 2.45) is 0 Å². The highest BCUT2D eigenvalue weighted by Crippen LogP contribution is 2.31. The van der Waals surface area contributed by atoms with Crippen LogP contribution in [0.25, 0.3) is 0 Å². The van der Waals surface area contributed by atoms with Crippen LogP contribution >= 0.6 is 11.6 Å². The lowest BCUT2D eigenvalue weighted by molar-refractivity contribution is 0.304. The molecule has 0 saturated heterocycles. The van der Waals surface area contributed by atoms with E-state index in [2.05, 4.69) is 9.97 Å². The Labute approximate surface area is 120 Å². The molecule has 2 aromatic rings. The fourth-order valence-corrected chi connectivity index (χ4v) is 1.53. The van der Waals surface area contributed by atoms with Crippen LogP contribution in [0, 0.1) is 5.82 Å². The Morgan fingerprint density at radius 3 is 2.75 bits per heavy atom. The molecule has 0 aliphatic carbocycles. The van der Waals surface area contributed by atoms with Crippen LogP contribution in [0.2, 0.25) is 5.02 Å². The van der Waals surface area contributed by atoms with Crippen molar-refractivity contribution < 1.29 is 13.9 Å². The summed E-state index contributed by atoms with van der Waals surface area (Å²) in [6, 6.07) is 4.05. The van der Waals surface area contributed by atoms with Gasteiger partial charge in [-0.15, -0.1) is 0 Å². The lowest BCUT2D eigenvalue weighted by atomic mass is 10.3. The molecule has 0 atom stereocenters. The number of nitrogens with zero attached hydrogens (tertiary/aromatic N) is 2. The number of anilines is 1. The molecular formula is C13H13ClFN3O2. The van der Waals surface area contributed by atoms with E-state index in [4.69, 9.17) is 26.8 Å². The number of nitrogens with two attached hydrogens (primary N) is 1. The molecule has 0 fully saturated rings. The average molecular weight is 298 g/mol. The highest BCUT2D eigenvalue weighted by molar-refractivity contribution is 6.30. The van der Waals surface area contributed by atoms with Crippen molar-refractivity contribution in [3.05, 3.63) is 35.4 Å². The van der Waals surface area contributed by atoms with Gasteiger partial charge >= 0.3 is 0 Å². The van der Waals surface area contributed by atoms with Gasteiger partial charge in [-0.05, 0) is 18.6 Å². The molecule has 0 spiro atoms. The van der Waals surface area contributed by atoms with Crippen LogP contribution < -0.4 is 15.2 Å². The summed E-state index contributed by atoms with van der Waals surface area (Å²) in [5, 5.41) is 0.0139. The molecule has 2 N–H and O–H groups in total. The van der Waals surface area contributed by atoms with Crippen molar-refractivity contribution in [2.75, 3.05) is 12.3 Å². The lowest BCUT2D eigenvalue weighted by Gasteiger charge is -2.10. The number of rotatable bonds is 5. The maximum Gasteiger partial charge on any atom is 0.249 e. The lowest BCUT2D eigenvalue weighted by Crippen LogP contribution is -2.04. The second-order valence-corrected chi connectivity index (χ2v) is 4.33. The summed E-state index contributed by atoms with van der Waals surface area (Å²) in [6.45, 7) is 2.45. The quantitative estimate of drug-likeness (QED) is 0.915. The van der Waals surface area contributed by atoms with E-state index in [1.807, 2.05) is 6.92 Å². The predicted octanol–water partition coefficient (Wildman–Crippen LogP) is 3.43. The Morgan fingerprint density at radius 2 is 2.05 bits per heavy atom. The topological polar surface area (TPSA) is 70.3 Å². The molecule has 0 unspecified atom stereocenters. The van der Waals surface area contributed by atoms with Crippen molar-refractivity contribution in [3.8, 4) is 17.5 Å². The van der Waals surface area contributed by atoms with E-state index < -0.39 is 5.82 Å². The zero-order valence-corrected chi connectivity index (χ0v) is 11.5. The molecule has 1 aromatic carbocycles. The Kier molecular flexibility index (Phi) is 4.57. The average Bonchev–Trinajstić information content (AvgIpc) is 2.44. The van der Waals surface area contributed by atoms with Crippen molar-refractivity contribution in [2.45, 2.75) is 13.3 Å². The summed E-state index contributed by atoms with van der Waals surface area (Å²) in [5.41, 5.74) is 6.01. The SMILES string of the molecule is CCCOc1ncnc(Oc2ccc(Cl)c(F)c2)c1N. The summed E-state index contributed by atoms with van der Waals surface area (Å²) >= 11 is 5.60. The number of hydrogen-bond acceptors (Lipinski definition) is 5. The van der Waals surface area contributed by atoms with Gasteiger partial charge < -0.3 is 15.2 Å². The molecule has 1 aromatic heterocycles. The van der Waals surface area contributed by atoms with Gasteiger partial charge in [0.25, 0.3) is 0 Å². The molecule has 0 saturated carbocycles. The van der Waals surface area contributed by atoms with Gasteiger partial charge in [-0.25, -0.2) is 4.39 Å². The van der Waals surface area contributed by atoms with Crippen LogP contribution in [0.5, 0.6) is 17.5 Å². The smallest absolute Gasteiger partial charge is 0.249 e. The zero-order valence-electron chi connectivity index (χ0n) is 10.8. The second-order valence-electron chi connectivity index (χ2n) is 3.92. The summed E-state index contributed by atoms with van der Waals surface area (Å²) < 4.78 is 24.1. The molecular weight excluding hydrogens is 285 g/mol. The highest BCUT2D eigenvalue weighted by atomic mass is 35.5. The van der Waals surface area contributed by atoms with Gasteiger partial charge in [0.2, 0.25) is 11.8 Å². The maximum absolute atomic E-state index is 13.3. The summed E-state index contributed by atoms with van der Waals surface area (Å²) in [5.74, 6) is -0.00268. The highest BCUT2D eigenvalue weighted by Gasteiger charge is 2.12. The molecule has 0 bridgehead atoms. The molecule has 0 amide bonds. The Balaban J connectivity index is 2.22. The first-order valence-electron chi connectivity index (χ1n) is 5.98. The molecule has 1 heterocycles. The fourth-order valence-electron chi connectivity index (χ4n) is 1.41. The largest absolute Gasteiger partial charge is 0.476 e. The number of aromatic nitrogens is 2. The number of halogens is 2. The van der Waals surface area contributed by atoms with Crippen LogP contribution in [0.4, 0.5) is 10.1 Å². The molecule has 7 heteroatoms. The van der Waals surface area contributed by atoms with E-state index in [9.17, 15) is 4.39 Å². The van der Waals surface area contributed by atoms with Crippen LogP contribution in [-0.2, 0) is 0 Å². The third-order valence-electron chi connectivity index (χ3n) is 2.36. The molecule has 0 aliphatic rings. The van der Waals surface area contributed by atoms with Crippen LogP contribution in [0.1, 0.15) is 13.3 Å². The van der Waals surface area contributed by atoms with Crippen LogP contribution in [-0.4, -0.2) is 16.6 Å². The van der Waals surface area contributed by atoms with E-state index in [0.29, 0.717) is 6.61 Å². The van der Waals surface area contributed by atoms with E-state index in [1.54, 1.807) is 0 Å². The second kappa shape index (κ2) is 6.38. The first kappa shape index (κ1) is 14.3. The minimum atomic E-state index is -0.584. The molecule has 0 radical (unpaired) electrons. The van der Waals surface area contributed by atoms with Gasteiger partial charge in [0.05, 0.1) is 11.6 Å². The third-order valence-corrected chi connectivity index (χ3v) is 2.67. The number of hydrogen-bond donors (Lipinski definition) is 1. The van der Waals surface area contributed by atoms with E-state index >= 15 is 0 Å². The van der Waals surface area contributed by atoms with Crippen molar-refractivity contribution in [1.29, 1.82) is 0 Å². The van der Waals surface area contributed by atoms with Crippen LogP contribution in [0.15, 0.2) is 24.5 Å². The van der Waals surface area contributed by atoms with Gasteiger partial charge in [-0.3, -0.25) is 0 Å². The first-order chi connectivity index (χ1) is 9.61. The number of nitrogen functional groups attached to an aromatic ring is 1. The van der Waals surface area contributed by atoms with Crippen molar-refractivity contribution >= 4 is 17.3 Å². The first-order valence-corrected chi connectivity index (χ1v) is 6.35. The third kappa shape index (κ3) is 3.27. The normalized spacial score (nSPS) is 10.3. The Morgan fingerprint density at radius 1 is 1.30 bits per heavy atom. The number of ether oxygens (including phenoxy) is 2. The zero-order chi connectivity index (χ0) is 14.5. The van der Waals surface area contributed by atoms with Crippen LogP contribution in [0.3, 0.4) is 0 Å². The molecule has 20 heavy (non-hydrogen) atoms. The molecule has 0 aliphatic heterocycles. The predicted molar refractivity (Wildman–Crippen MR) is 73.7 cm³/mol. The fraction of sp³-hybridized carbons (Fsp3) is 0.231. The summed E-state index contributed by atoms with van der Waals surface area (Å²) in [6.07, 6.45) is 2.09. The Bertz CT molecular complexity index is 610. The standard InChI is InChI=1S/C13H13ClFN3O2/c1-2-5-19-12-11(16)13(18-7-17-12)20-8-3-4-9(14)10(15)6-8/h3-4,6-7H,2,5,16H2,1H3. The summed E-state index contributed by atoms with van der Waals surface area (Å²) in [4.78, 5) is 7.82. The molecule has 5 nitrogen and oxygen atoms in total. The Hall–Kier alpha value is -2.08. The minimum absolute atomic E-state index is 0.0139. The van der Waals surface area contributed by atoms with Gasteiger partial charge in [0, 0.05) is 6.07 Å². The van der Waals surface area contributed by atoms with Gasteiger partial charge in [-0.1, -0.05) is 18.5 Å². The van der Waals surface area contributed by atoms with E-state index in [0.717, 1.165) is 12.5 Å².